The molecule has 1 aromatic rings. The van der Waals surface area contributed by atoms with Crippen LogP contribution in [0.15, 0.2) is 5.38 Å². The number of carboxylic acids is 1. The zero-order chi connectivity index (χ0) is 15.5. The van der Waals surface area contributed by atoms with Crippen LogP contribution in [0.5, 0.6) is 0 Å². The van der Waals surface area contributed by atoms with Crippen molar-refractivity contribution in [1.29, 1.82) is 0 Å². The van der Waals surface area contributed by atoms with Crippen molar-refractivity contribution in [3.05, 3.63) is 16.1 Å². The summed E-state index contributed by atoms with van der Waals surface area (Å²) in [5, 5.41) is 13.2. The minimum atomic E-state index is -1.11. The second kappa shape index (κ2) is 6.53. The molecule has 1 aliphatic rings. The summed E-state index contributed by atoms with van der Waals surface area (Å²) in [7, 11) is 0. The van der Waals surface area contributed by atoms with Crippen LogP contribution < -0.4 is 5.32 Å². The summed E-state index contributed by atoms with van der Waals surface area (Å²) in [5.41, 5.74) is 0.00676. The molecule has 1 saturated heterocycles. The van der Waals surface area contributed by atoms with Crippen LogP contribution in [-0.4, -0.2) is 40.2 Å². The number of amides is 1. The standard InChI is InChI=1S/C14H20N2O4S/c1-3-14(4-2)7-9(5-6-20-14)15-11(17)10-8-21-12(16-10)13(18)19/h8-9H,3-7H2,1-2H3,(H,15,17)(H,18,19). The first-order valence-electron chi connectivity index (χ1n) is 7.13. The Kier molecular flexibility index (Phi) is 4.95. The molecule has 1 unspecified atom stereocenters. The van der Waals surface area contributed by atoms with Gasteiger partial charge in [-0.25, -0.2) is 9.78 Å². The van der Waals surface area contributed by atoms with Crippen molar-refractivity contribution in [2.45, 2.75) is 51.2 Å². The van der Waals surface area contributed by atoms with Crippen LogP contribution in [0.25, 0.3) is 0 Å². The number of rotatable bonds is 5. The van der Waals surface area contributed by atoms with Gasteiger partial charge in [-0.05, 0) is 25.7 Å². The van der Waals surface area contributed by atoms with Crippen molar-refractivity contribution in [2.24, 2.45) is 0 Å². The quantitative estimate of drug-likeness (QED) is 0.871. The van der Waals surface area contributed by atoms with Crippen LogP contribution in [-0.2, 0) is 4.74 Å². The third kappa shape index (κ3) is 3.59. The summed E-state index contributed by atoms with van der Waals surface area (Å²) in [6, 6.07) is 0.0427. The van der Waals surface area contributed by atoms with Gasteiger partial charge in [0.05, 0.1) is 5.60 Å². The summed E-state index contributed by atoms with van der Waals surface area (Å²) in [6.45, 7) is 4.81. The van der Waals surface area contributed by atoms with E-state index in [1.807, 2.05) is 0 Å². The first-order valence-corrected chi connectivity index (χ1v) is 8.01. The minimum absolute atomic E-state index is 0.0427. The van der Waals surface area contributed by atoms with Crippen LogP contribution in [0.4, 0.5) is 0 Å². The van der Waals surface area contributed by atoms with Gasteiger partial charge in [0.1, 0.15) is 5.69 Å². The Bertz CT molecular complexity index is 525. The normalized spacial score (nSPS) is 21.0. The minimum Gasteiger partial charge on any atom is -0.476 e. The maximum Gasteiger partial charge on any atom is 0.365 e. The fraction of sp³-hybridized carbons (Fsp3) is 0.643. The Morgan fingerprint density at radius 1 is 1.52 bits per heavy atom. The van der Waals surface area contributed by atoms with E-state index in [1.165, 1.54) is 5.38 Å². The van der Waals surface area contributed by atoms with Gasteiger partial charge in [0.25, 0.3) is 5.91 Å². The number of nitrogens with zero attached hydrogens (tertiary/aromatic N) is 1. The van der Waals surface area contributed by atoms with Crippen molar-refractivity contribution in [3.63, 3.8) is 0 Å². The number of aromatic carboxylic acids is 1. The summed E-state index contributed by atoms with van der Waals surface area (Å²) >= 11 is 0.961. The lowest BCUT2D eigenvalue weighted by atomic mass is 9.86. The monoisotopic (exact) mass is 312 g/mol. The lowest BCUT2D eigenvalue weighted by molar-refractivity contribution is -0.0917. The SMILES string of the molecule is CCC1(CC)CC(NC(=O)c2csc(C(=O)O)n2)CCO1. The van der Waals surface area contributed by atoms with E-state index in [4.69, 9.17) is 9.84 Å². The molecule has 0 bridgehead atoms. The van der Waals surface area contributed by atoms with Gasteiger partial charge in [0, 0.05) is 18.0 Å². The van der Waals surface area contributed by atoms with Gasteiger partial charge < -0.3 is 15.2 Å². The molecule has 0 saturated carbocycles. The number of carbonyl (C=O) groups excluding carboxylic acids is 1. The predicted octanol–water partition coefficient (Wildman–Crippen LogP) is 2.31. The zero-order valence-corrected chi connectivity index (χ0v) is 13.0. The van der Waals surface area contributed by atoms with Crippen molar-refractivity contribution < 1.29 is 19.4 Å². The first kappa shape index (κ1) is 15.9. The molecule has 2 N–H and O–H groups in total. The molecule has 2 heterocycles. The first-order chi connectivity index (χ1) is 9.99. The summed E-state index contributed by atoms with van der Waals surface area (Å²) < 4.78 is 5.87. The highest BCUT2D eigenvalue weighted by Gasteiger charge is 2.35. The Morgan fingerprint density at radius 3 is 2.81 bits per heavy atom. The number of carboxylic acid groups (broad SMARTS) is 1. The molecule has 0 radical (unpaired) electrons. The Labute approximate surface area is 127 Å². The van der Waals surface area contributed by atoms with Gasteiger partial charge in [-0.2, -0.15) is 0 Å². The predicted molar refractivity (Wildman–Crippen MR) is 78.8 cm³/mol. The van der Waals surface area contributed by atoms with Crippen LogP contribution >= 0.6 is 11.3 Å². The molecule has 116 valence electrons. The average Bonchev–Trinajstić information content (AvgIpc) is 2.97. The Morgan fingerprint density at radius 2 is 2.24 bits per heavy atom. The number of hydrogen-bond acceptors (Lipinski definition) is 5. The third-order valence-corrected chi connectivity index (χ3v) is 4.87. The number of hydrogen-bond donors (Lipinski definition) is 2. The molecule has 0 aliphatic carbocycles. The van der Waals surface area contributed by atoms with Gasteiger partial charge in [-0.1, -0.05) is 13.8 Å². The molecular formula is C14H20N2O4S. The van der Waals surface area contributed by atoms with Crippen molar-refractivity contribution >= 4 is 23.2 Å². The fourth-order valence-corrected chi connectivity index (χ4v) is 3.26. The molecular weight excluding hydrogens is 292 g/mol. The Hall–Kier alpha value is -1.47. The molecule has 1 fully saturated rings. The van der Waals surface area contributed by atoms with E-state index in [-0.39, 0.29) is 28.3 Å². The van der Waals surface area contributed by atoms with E-state index in [1.54, 1.807) is 0 Å². The molecule has 1 atom stereocenters. The molecule has 1 aromatic heterocycles. The van der Waals surface area contributed by atoms with Gasteiger partial charge in [0.15, 0.2) is 0 Å². The second-order valence-electron chi connectivity index (χ2n) is 5.24. The van der Waals surface area contributed by atoms with E-state index in [0.717, 1.165) is 37.0 Å². The fourth-order valence-electron chi connectivity index (χ4n) is 2.63. The van der Waals surface area contributed by atoms with Crippen LogP contribution in [0, 0.1) is 0 Å². The van der Waals surface area contributed by atoms with E-state index in [2.05, 4.69) is 24.1 Å². The van der Waals surface area contributed by atoms with Crippen molar-refractivity contribution in [2.75, 3.05) is 6.61 Å². The summed E-state index contributed by atoms with van der Waals surface area (Å²) in [6.07, 6.45) is 3.37. The molecule has 7 heteroatoms. The number of nitrogens with one attached hydrogen (secondary N) is 1. The van der Waals surface area contributed by atoms with Gasteiger partial charge in [-0.3, -0.25) is 4.79 Å². The number of thiazole rings is 1. The summed E-state index contributed by atoms with van der Waals surface area (Å²) in [4.78, 5) is 26.8. The van der Waals surface area contributed by atoms with E-state index < -0.39 is 5.97 Å². The number of aromatic nitrogens is 1. The van der Waals surface area contributed by atoms with Crippen molar-refractivity contribution in [3.8, 4) is 0 Å². The van der Waals surface area contributed by atoms with Crippen LogP contribution in [0.1, 0.15) is 59.8 Å². The summed E-state index contributed by atoms with van der Waals surface area (Å²) in [5.74, 6) is -1.42. The zero-order valence-electron chi connectivity index (χ0n) is 12.2. The highest BCUT2D eigenvalue weighted by atomic mass is 32.1. The van der Waals surface area contributed by atoms with Crippen LogP contribution in [0.2, 0.25) is 0 Å². The highest BCUT2D eigenvalue weighted by Crippen LogP contribution is 2.31. The lowest BCUT2D eigenvalue weighted by Crippen LogP contribution is -2.48. The van der Waals surface area contributed by atoms with Gasteiger partial charge >= 0.3 is 5.97 Å². The number of ether oxygens (including phenoxy) is 1. The topological polar surface area (TPSA) is 88.5 Å². The molecule has 0 aromatic carbocycles. The Balaban J connectivity index is 2.00. The van der Waals surface area contributed by atoms with Crippen molar-refractivity contribution in [1.82, 2.24) is 10.3 Å². The average molecular weight is 312 g/mol. The van der Waals surface area contributed by atoms with Crippen LogP contribution in [0.3, 0.4) is 0 Å². The smallest absolute Gasteiger partial charge is 0.365 e. The maximum absolute atomic E-state index is 12.1. The van der Waals surface area contributed by atoms with E-state index in [9.17, 15) is 9.59 Å². The highest BCUT2D eigenvalue weighted by molar-refractivity contribution is 7.11. The molecule has 0 spiro atoms. The number of carbonyl (C=O) groups is 2. The maximum atomic E-state index is 12.1. The third-order valence-electron chi connectivity index (χ3n) is 4.04. The second-order valence-corrected chi connectivity index (χ2v) is 6.10. The molecule has 1 amide bonds. The van der Waals surface area contributed by atoms with E-state index >= 15 is 0 Å². The van der Waals surface area contributed by atoms with Gasteiger partial charge in [0.2, 0.25) is 5.01 Å². The van der Waals surface area contributed by atoms with Gasteiger partial charge in [-0.15, -0.1) is 11.3 Å². The largest absolute Gasteiger partial charge is 0.476 e. The molecule has 1 aliphatic heterocycles. The van der Waals surface area contributed by atoms with E-state index in [0.29, 0.717) is 6.61 Å². The molecule has 2 rings (SSSR count). The molecule has 21 heavy (non-hydrogen) atoms. The molecule has 6 nitrogen and oxygen atoms in total. The lowest BCUT2D eigenvalue weighted by Gasteiger charge is -2.40.